The van der Waals surface area contributed by atoms with Gasteiger partial charge < -0.3 is 10.0 Å². The van der Waals surface area contributed by atoms with Crippen LogP contribution in [0.5, 0.6) is 0 Å². The number of benzene rings is 2. The summed E-state index contributed by atoms with van der Waals surface area (Å²) < 4.78 is 0. The first-order valence-corrected chi connectivity index (χ1v) is 6.12. The molecule has 0 amide bonds. The topological polar surface area (TPSA) is 23.5 Å². The number of hydrogen-bond acceptors (Lipinski definition) is 2. The summed E-state index contributed by atoms with van der Waals surface area (Å²) in [6.45, 7) is 4.10. The molecule has 0 fully saturated rings. The van der Waals surface area contributed by atoms with Crippen molar-refractivity contribution in [1.29, 1.82) is 0 Å². The van der Waals surface area contributed by atoms with Crippen LogP contribution >= 0.6 is 0 Å². The third-order valence-corrected chi connectivity index (χ3v) is 3.18. The minimum Gasteiger partial charge on any atom is -0.369 e. The molecule has 0 heterocycles. The van der Waals surface area contributed by atoms with Crippen molar-refractivity contribution >= 4 is 5.69 Å². The monoisotopic (exact) mass is 241 g/mol. The fraction of sp³-hybridized carbons (Fsp3) is 0.250. The number of aliphatic hydroxyl groups excluding tert-OH is 1. The number of nitrogens with zero attached hydrogens (tertiary/aromatic N) is 1. The Labute approximate surface area is 109 Å². The zero-order chi connectivity index (χ0) is 13.1. The van der Waals surface area contributed by atoms with E-state index in [2.05, 4.69) is 6.92 Å². The van der Waals surface area contributed by atoms with Gasteiger partial charge in [0.05, 0.1) is 0 Å². The van der Waals surface area contributed by atoms with Gasteiger partial charge in [0.2, 0.25) is 0 Å². The van der Waals surface area contributed by atoms with E-state index in [9.17, 15) is 5.11 Å². The van der Waals surface area contributed by atoms with Crippen molar-refractivity contribution in [2.45, 2.75) is 20.1 Å². The molecule has 0 saturated carbocycles. The number of rotatable bonds is 3. The third-order valence-electron chi connectivity index (χ3n) is 3.18. The molecule has 2 aromatic carbocycles. The Morgan fingerprint density at radius 3 is 1.78 bits per heavy atom. The minimum atomic E-state index is -0.617. The highest BCUT2D eigenvalue weighted by Gasteiger charge is 2.13. The lowest BCUT2D eigenvalue weighted by molar-refractivity contribution is 0.178. The van der Waals surface area contributed by atoms with Crippen LogP contribution in [0.2, 0.25) is 0 Å². The maximum atomic E-state index is 10.3. The summed E-state index contributed by atoms with van der Waals surface area (Å²) in [4.78, 5) is 1.87. The van der Waals surface area contributed by atoms with Crippen molar-refractivity contribution in [3.8, 4) is 0 Å². The van der Waals surface area contributed by atoms with Crippen LogP contribution in [0.25, 0.3) is 0 Å². The van der Waals surface area contributed by atoms with E-state index < -0.39 is 6.23 Å². The van der Waals surface area contributed by atoms with E-state index in [1.807, 2.05) is 67.4 Å². The first-order chi connectivity index (χ1) is 8.58. The highest BCUT2D eigenvalue weighted by molar-refractivity contribution is 5.48. The molecule has 0 radical (unpaired) electrons. The van der Waals surface area contributed by atoms with E-state index in [-0.39, 0.29) is 0 Å². The molecule has 2 nitrogen and oxygen atoms in total. The first kappa shape index (κ1) is 12.7. The van der Waals surface area contributed by atoms with E-state index in [4.69, 9.17) is 0 Å². The molecule has 2 rings (SSSR count). The summed E-state index contributed by atoms with van der Waals surface area (Å²) in [5, 5.41) is 10.3. The van der Waals surface area contributed by atoms with Crippen molar-refractivity contribution < 1.29 is 5.11 Å². The van der Waals surface area contributed by atoms with Crippen molar-refractivity contribution in [3.05, 3.63) is 65.2 Å². The Morgan fingerprint density at radius 2 is 1.28 bits per heavy atom. The lowest BCUT2D eigenvalue weighted by Gasteiger charge is -2.26. The molecule has 0 bridgehead atoms. The lowest BCUT2D eigenvalue weighted by atomic mass is 10.1. The van der Waals surface area contributed by atoms with Gasteiger partial charge in [-0.15, -0.1) is 0 Å². The molecule has 0 saturated heterocycles. The molecule has 2 aromatic rings. The Morgan fingerprint density at radius 1 is 0.833 bits per heavy atom. The molecule has 0 aliphatic rings. The van der Waals surface area contributed by atoms with E-state index in [1.54, 1.807) is 0 Å². The SMILES string of the molecule is Cc1ccc(C(O)N(C)c2ccc(C)cc2)cc1. The number of anilines is 1. The molecule has 0 aromatic heterocycles. The molecule has 1 unspecified atom stereocenters. The molecular weight excluding hydrogens is 222 g/mol. The van der Waals surface area contributed by atoms with Crippen LogP contribution in [0, 0.1) is 13.8 Å². The van der Waals surface area contributed by atoms with Crippen LogP contribution in [0.4, 0.5) is 5.69 Å². The maximum Gasteiger partial charge on any atom is 0.153 e. The van der Waals surface area contributed by atoms with Crippen LogP contribution in [-0.2, 0) is 0 Å². The van der Waals surface area contributed by atoms with E-state index >= 15 is 0 Å². The summed E-state index contributed by atoms with van der Waals surface area (Å²) in [7, 11) is 1.90. The predicted octanol–water partition coefficient (Wildman–Crippen LogP) is 3.43. The van der Waals surface area contributed by atoms with Gasteiger partial charge in [0.15, 0.2) is 6.23 Å². The van der Waals surface area contributed by atoms with Crippen molar-refractivity contribution in [2.24, 2.45) is 0 Å². The van der Waals surface area contributed by atoms with Gasteiger partial charge in [0.1, 0.15) is 0 Å². The second-order valence-corrected chi connectivity index (χ2v) is 4.73. The van der Waals surface area contributed by atoms with Crippen molar-refractivity contribution in [2.75, 3.05) is 11.9 Å². The van der Waals surface area contributed by atoms with Crippen LogP contribution in [0.15, 0.2) is 48.5 Å². The summed E-state index contributed by atoms with van der Waals surface area (Å²) in [5.74, 6) is 0. The second-order valence-electron chi connectivity index (χ2n) is 4.73. The molecule has 0 aliphatic heterocycles. The predicted molar refractivity (Wildman–Crippen MR) is 75.7 cm³/mol. The molecule has 1 atom stereocenters. The van der Waals surface area contributed by atoms with Gasteiger partial charge in [-0.05, 0) is 26.0 Å². The maximum absolute atomic E-state index is 10.3. The highest BCUT2D eigenvalue weighted by atomic mass is 16.3. The summed E-state index contributed by atoms with van der Waals surface area (Å²) in [6, 6.07) is 16.1. The lowest BCUT2D eigenvalue weighted by Crippen LogP contribution is -2.23. The standard InChI is InChI=1S/C16H19NO/c1-12-4-8-14(9-5-12)16(18)17(3)15-10-6-13(2)7-11-15/h4-11,16,18H,1-3H3. The fourth-order valence-electron chi connectivity index (χ4n) is 1.88. The zero-order valence-corrected chi connectivity index (χ0v) is 11.1. The van der Waals surface area contributed by atoms with Crippen LogP contribution in [0.3, 0.4) is 0 Å². The van der Waals surface area contributed by atoms with Crippen molar-refractivity contribution in [3.63, 3.8) is 0 Å². The highest BCUT2D eigenvalue weighted by Crippen LogP contribution is 2.23. The van der Waals surface area contributed by atoms with Gasteiger partial charge in [-0.2, -0.15) is 0 Å². The summed E-state index contributed by atoms with van der Waals surface area (Å²) in [5.41, 5.74) is 4.33. The minimum absolute atomic E-state index is 0.617. The van der Waals surface area contributed by atoms with Gasteiger partial charge in [0, 0.05) is 18.3 Å². The van der Waals surface area contributed by atoms with Crippen LogP contribution in [0.1, 0.15) is 22.9 Å². The number of hydrogen-bond donors (Lipinski definition) is 1. The molecule has 94 valence electrons. The van der Waals surface area contributed by atoms with Crippen molar-refractivity contribution in [1.82, 2.24) is 0 Å². The molecule has 0 spiro atoms. The van der Waals surface area contributed by atoms with Gasteiger partial charge in [0.25, 0.3) is 0 Å². The summed E-state index contributed by atoms with van der Waals surface area (Å²) >= 11 is 0. The zero-order valence-electron chi connectivity index (χ0n) is 11.1. The van der Waals surface area contributed by atoms with E-state index in [0.717, 1.165) is 11.3 Å². The van der Waals surface area contributed by atoms with E-state index in [1.165, 1.54) is 11.1 Å². The quantitative estimate of drug-likeness (QED) is 0.832. The van der Waals surface area contributed by atoms with Gasteiger partial charge >= 0.3 is 0 Å². The second kappa shape index (κ2) is 5.23. The Kier molecular flexibility index (Phi) is 3.68. The van der Waals surface area contributed by atoms with Gasteiger partial charge in [-0.1, -0.05) is 47.5 Å². The third kappa shape index (κ3) is 2.71. The fourth-order valence-corrected chi connectivity index (χ4v) is 1.88. The Hall–Kier alpha value is -1.80. The number of aliphatic hydroxyl groups is 1. The summed E-state index contributed by atoms with van der Waals surface area (Å²) in [6.07, 6.45) is -0.617. The van der Waals surface area contributed by atoms with Gasteiger partial charge in [-0.3, -0.25) is 0 Å². The average molecular weight is 241 g/mol. The first-order valence-electron chi connectivity index (χ1n) is 6.12. The van der Waals surface area contributed by atoms with Crippen LogP contribution in [-0.4, -0.2) is 12.2 Å². The Balaban J connectivity index is 2.20. The van der Waals surface area contributed by atoms with E-state index in [0.29, 0.717) is 0 Å². The Bertz CT molecular complexity index is 452. The smallest absolute Gasteiger partial charge is 0.153 e. The molecule has 0 aliphatic carbocycles. The molecule has 2 heteroatoms. The number of aryl methyl sites for hydroxylation is 2. The molecular formula is C16H19NO. The van der Waals surface area contributed by atoms with Gasteiger partial charge in [-0.25, -0.2) is 0 Å². The molecule has 18 heavy (non-hydrogen) atoms. The largest absolute Gasteiger partial charge is 0.369 e. The normalized spacial score (nSPS) is 12.2. The molecule has 1 N–H and O–H groups in total. The van der Waals surface area contributed by atoms with Crippen LogP contribution < -0.4 is 4.90 Å². The average Bonchev–Trinajstić information content (AvgIpc) is 2.39.